The number of hydrogen-bond acceptors (Lipinski definition) is 0. The number of allylic oxidation sites excluding steroid dienone is 1. The molecular formula is C46H38Cl2SiZr. The number of benzene rings is 7. The van der Waals surface area contributed by atoms with Gasteiger partial charge in [0.1, 0.15) is 0 Å². The van der Waals surface area contributed by atoms with Crippen molar-refractivity contribution < 1.29 is 45.2 Å². The molecule has 1 unspecified atom stereocenters. The summed E-state index contributed by atoms with van der Waals surface area (Å²) in [6.45, 7) is 9.68. The normalized spacial score (nSPS) is 14.7. The third-order valence-corrected chi connectivity index (χ3v) is 31.4. The van der Waals surface area contributed by atoms with Gasteiger partial charge >= 0.3 is 294 Å². The predicted octanol–water partition coefficient (Wildman–Crippen LogP) is 5.66. The molecule has 0 fully saturated rings. The molecule has 0 heterocycles. The number of fused-ring (bicyclic) bond motifs is 7. The average molecular weight is 781 g/mol. The molecule has 1 atom stereocenters. The molecule has 0 saturated carbocycles. The Labute approximate surface area is 316 Å². The molecule has 2 aliphatic rings. The van der Waals surface area contributed by atoms with Crippen LogP contribution in [0.5, 0.6) is 0 Å². The van der Waals surface area contributed by atoms with Gasteiger partial charge in [0.25, 0.3) is 0 Å². The summed E-state index contributed by atoms with van der Waals surface area (Å²) >= 11 is -2.50. The third-order valence-electron chi connectivity index (χ3n) is 10.9. The number of aryl methyl sites for hydroxylation is 2. The molecule has 9 rings (SSSR count). The Balaban J connectivity index is 0.00000196. The molecule has 0 spiro atoms. The Hall–Kier alpha value is -3.52. The van der Waals surface area contributed by atoms with Crippen molar-refractivity contribution in [3.8, 4) is 22.3 Å². The smallest absolute Gasteiger partial charge is 1.00 e. The van der Waals surface area contributed by atoms with Crippen LogP contribution in [0.4, 0.5) is 0 Å². The van der Waals surface area contributed by atoms with E-state index in [1.807, 2.05) is 0 Å². The summed E-state index contributed by atoms with van der Waals surface area (Å²) in [7, 11) is 0. The van der Waals surface area contributed by atoms with Crippen LogP contribution in [-0.4, -0.2) is 5.43 Å². The van der Waals surface area contributed by atoms with Crippen LogP contribution in [0.2, 0.25) is 6.55 Å². The second-order valence-electron chi connectivity index (χ2n) is 13.9. The van der Waals surface area contributed by atoms with Gasteiger partial charge in [-0.15, -0.1) is 0 Å². The van der Waals surface area contributed by atoms with Gasteiger partial charge in [-0.25, -0.2) is 0 Å². The Bertz CT molecular complexity index is 2460. The first-order valence-corrected chi connectivity index (χ1v) is 25.7. The fourth-order valence-corrected chi connectivity index (χ4v) is 31.3. The first kappa shape index (κ1) is 34.9. The molecule has 0 aliphatic heterocycles. The summed E-state index contributed by atoms with van der Waals surface area (Å²) in [5.41, 5.74) is 15.4. The van der Waals surface area contributed by atoms with E-state index in [-0.39, 0.29) is 24.8 Å². The van der Waals surface area contributed by atoms with Crippen molar-refractivity contribution in [2.24, 2.45) is 0 Å². The van der Waals surface area contributed by atoms with Crippen molar-refractivity contribution in [2.75, 3.05) is 0 Å². The Kier molecular flexibility index (Phi) is 9.70. The Morgan fingerprint density at radius 3 is 1.76 bits per heavy atom. The molecule has 0 aromatic heterocycles. The van der Waals surface area contributed by atoms with Crippen LogP contribution >= 0.6 is 0 Å². The van der Waals surface area contributed by atoms with E-state index in [9.17, 15) is 0 Å². The minimum atomic E-state index is -2.50. The van der Waals surface area contributed by atoms with E-state index in [0.717, 1.165) is 0 Å². The summed E-state index contributed by atoms with van der Waals surface area (Å²) in [6.07, 6.45) is 2.59. The quantitative estimate of drug-likeness (QED) is 0.160. The van der Waals surface area contributed by atoms with Gasteiger partial charge in [0.2, 0.25) is 0 Å². The molecule has 0 nitrogen and oxygen atoms in total. The van der Waals surface area contributed by atoms with E-state index in [2.05, 4.69) is 173 Å². The number of halogens is 2. The van der Waals surface area contributed by atoms with Crippen LogP contribution in [0.1, 0.15) is 47.6 Å². The molecule has 0 N–H and O–H groups in total. The molecule has 50 heavy (non-hydrogen) atoms. The van der Waals surface area contributed by atoms with Crippen molar-refractivity contribution in [3.63, 3.8) is 0 Å². The van der Waals surface area contributed by atoms with Crippen LogP contribution in [-0.2, 0) is 20.4 Å². The summed E-state index contributed by atoms with van der Waals surface area (Å²) < 4.78 is 1.05. The van der Waals surface area contributed by atoms with E-state index >= 15 is 0 Å². The van der Waals surface area contributed by atoms with Crippen LogP contribution < -0.4 is 30.0 Å². The largest absolute Gasteiger partial charge is 1.00 e. The molecule has 7 aromatic carbocycles. The zero-order valence-electron chi connectivity index (χ0n) is 28.8. The molecule has 0 radical (unpaired) electrons. The zero-order valence-corrected chi connectivity index (χ0v) is 33.7. The monoisotopic (exact) mass is 778 g/mol. The third kappa shape index (κ3) is 5.61. The van der Waals surface area contributed by atoms with Crippen molar-refractivity contribution in [1.29, 1.82) is 0 Å². The van der Waals surface area contributed by atoms with Crippen molar-refractivity contribution >= 4 is 38.2 Å². The summed E-state index contributed by atoms with van der Waals surface area (Å²) in [4.78, 5) is 0. The number of hydrogen-bond donors (Lipinski definition) is 0. The van der Waals surface area contributed by atoms with E-state index in [0.29, 0.717) is 7.25 Å². The van der Waals surface area contributed by atoms with E-state index < -0.39 is 25.8 Å². The topological polar surface area (TPSA) is 0 Å². The maximum Gasteiger partial charge on any atom is -1.00 e. The average Bonchev–Trinajstić information content (AvgIpc) is 3.61. The maximum atomic E-state index is 2.67. The molecule has 244 valence electrons. The molecular weight excluding hydrogens is 743 g/mol. The Morgan fingerprint density at radius 1 is 0.480 bits per heavy atom. The van der Waals surface area contributed by atoms with Crippen LogP contribution in [0.25, 0.3) is 49.9 Å². The standard InChI is InChI=1S/C24H17.C15H13.C7H8Si.2ClH.Zr/c1-16-13-17-8-6-12-22(23(17)14-16)24-15-18-7-2-3-9-19(18)20-10-4-5-11-21(20)24;1-10-3-5-14-12(7-10)9-13-8-11(2)4-6-15(13)14;1-8-7-5-3-2-4-6-7;;;/h2-15H,1H3;3-9H,1-2H3;2-6H,1H3;2*1H;/q;;;;;+2/p-2. The minimum Gasteiger partial charge on any atom is -1.00 e. The first-order chi connectivity index (χ1) is 23.5. The van der Waals surface area contributed by atoms with Crippen molar-refractivity contribution in [1.82, 2.24) is 0 Å². The Morgan fingerprint density at radius 2 is 1.08 bits per heavy atom. The second-order valence-corrected chi connectivity index (χ2v) is 29.7. The van der Waals surface area contributed by atoms with E-state index in [1.165, 1.54) is 60.5 Å². The van der Waals surface area contributed by atoms with Gasteiger partial charge in [0.15, 0.2) is 0 Å². The summed E-state index contributed by atoms with van der Waals surface area (Å²) in [5.74, 6) is 0. The fraction of sp³-hybridized carbons (Fsp3) is 0.130. The predicted molar refractivity (Wildman–Crippen MR) is 204 cm³/mol. The molecule has 4 heteroatoms. The van der Waals surface area contributed by atoms with Gasteiger partial charge in [-0.2, -0.15) is 0 Å². The van der Waals surface area contributed by atoms with Crippen LogP contribution in [0, 0.1) is 13.8 Å². The molecule has 0 amide bonds. The van der Waals surface area contributed by atoms with E-state index in [1.54, 1.807) is 27.5 Å². The molecule has 0 saturated heterocycles. The van der Waals surface area contributed by atoms with Crippen molar-refractivity contribution in [2.45, 2.75) is 34.6 Å². The summed E-state index contributed by atoms with van der Waals surface area (Å²) in [5, 5.41) is 6.91. The van der Waals surface area contributed by atoms with Gasteiger partial charge in [-0.05, 0) is 0 Å². The minimum absolute atomic E-state index is 0. The van der Waals surface area contributed by atoms with E-state index in [4.69, 9.17) is 0 Å². The number of rotatable bonds is 4. The van der Waals surface area contributed by atoms with Crippen LogP contribution in [0.3, 0.4) is 0 Å². The SMILES string of the molecule is CC1=Cc2c(-c3cc4ccccc4c4ccccc34)cccc2[CH]1/[Zr+2]([CH]1c2cc(C)ccc2-c2ccc(C)cc21)=[Si](/C)c1ccccc1.[Cl-].[Cl-]. The second kappa shape index (κ2) is 13.9. The first-order valence-electron chi connectivity index (χ1n) is 17.2. The van der Waals surface area contributed by atoms with Gasteiger partial charge in [-0.1, -0.05) is 0 Å². The summed E-state index contributed by atoms with van der Waals surface area (Å²) in [6, 6.07) is 53.7. The van der Waals surface area contributed by atoms with Gasteiger partial charge in [0.05, 0.1) is 0 Å². The zero-order chi connectivity index (χ0) is 32.5. The maximum absolute atomic E-state index is 2.67. The van der Waals surface area contributed by atoms with Crippen LogP contribution in [0.15, 0.2) is 145 Å². The van der Waals surface area contributed by atoms with Gasteiger partial charge in [0, 0.05) is 0 Å². The van der Waals surface area contributed by atoms with Gasteiger partial charge in [-0.3, -0.25) is 0 Å². The fourth-order valence-electron chi connectivity index (χ4n) is 8.77. The molecule has 7 aromatic rings. The van der Waals surface area contributed by atoms with Crippen molar-refractivity contribution in [3.05, 3.63) is 178 Å². The molecule has 2 aliphatic carbocycles. The van der Waals surface area contributed by atoms with Gasteiger partial charge < -0.3 is 24.8 Å². The molecule has 0 bridgehead atoms.